The van der Waals surface area contributed by atoms with Crippen LogP contribution in [-0.4, -0.2) is 40.7 Å². The number of hydrogen-bond donors (Lipinski definition) is 6. The second-order valence-corrected chi connectivity index (χ2v) is 7.56. The van der Waals surface area contributed by atoms with Gasteiger partial charge in [-0.05, 0) is 31.0 Å². The SMILES string of the molecule is Cc1c(C#N)sc(N=Nc2ccc(NC(=O)CCC(N)C(=O)O)cc2OCC(=O)O)c1C#N.N.N. The second-order valence-electron chi connectivity index (χ2n) is 6.56. The van der Waals surface area contributed by atoms with Crippen LogP contribution in [0.25, 0.3) is 0 Å². The average Bonchev–Trinajstić information content (AvgIpc) is 3.09. The molecule has 0 aliphatic rings. The van der Waals surface area contributed by atoms with E-state index in [-0.39, 0.29) is 52.8 Å². The van der Waals surface area contributed by atoms with Crippen molar-refractivity contribution in [2.75, 3.05) is 11.9 Å². The van der Waals surface area contributed by atoms with Gasteiger partial charge in [0.25, 0.3) is 0 Å². The fourth-order valence-corrected chi connectivity index (χ4v) is 3.35. The maximum atomic E-state index is 12.1. The van der Waals surface area contributed by atoms with E-state index in [0.29, 0.717) is 10.4 Å². The number of nitriles is 2. The molecule has 14 nitrogen and oxygen atoms in total. The van der Waals surface area contributed by atoms with Gasteiger partial charge in [-0.15, -0.1) is 21.6 Å². The number of carbonyl (C=O) groups is 3. The Morgan fingerprint density at radius 1 is 1.20 bits per heavy atom. The van der Waals surface area contributed by atoms with E-state index in [1.807, 2.05) is 12.1 Å². The number of nitrogens with zero attached hydrogens (tertiary/aromatic N) is 4. The second kappa shape index (κ2) is 14.0. The van der Waals surface area contributed by atoms with Crippen LogP contribution in [0.4, 0.5) is 16.4 Å². The summed E-state index contributed by atoms with van der Waals surface area (Å²) in [7, 11) is 0. The summed E-state index contributed by atoms with van der Waals surface area (Å²) in [6.07, 6.45) is -0.210. The van der Waals surface area contributed by atoms with Crippen LogP contribution in [0.5, 0.6) is 5.75 Å². The van der Waals surface area contributed by atoms with E-state index in [1.54, 1.807) is 6.92 Å². The summed E-state index contributed by atoms with van der Waals surface area (Å²) in [5.74, 6) is -2.96. The Balaban J connectivity index is 0.00000578. The zero-order chi connectivity index (χ0) is 24.5. The number of nitrogens with one attached hydrogen (secondary N) is 1. The highest BCUT2D eigenvalue weighted by Crippen LogP contribution is 2.37. The first-order valence-electron chi connectivity index (χ1n) is 9.28. The molecule has 2 rings (SSSR count). The number of carbonyl (C=O) groups excluding carboxylic acids is 1. The highest BCUT2D eigenvalue weighted by molar-refractivity contribution is 7.16. The minimum absolute atomic E-state index is 0. The lowest BCUT2D eigenvalue weighted by Crippen LogP contribution is -2.31. The summed E-state index contributed by atoms with van der Waals surface area (Å²) in [5, 5.41) is 46.9. The zero-order valence-electron chi connectivity index (χ0n) is 18.6. The number of hydrogen-bond acceptors (Lipinski definition) is 12. The summed E-state index contributed by atoms with van der Waals surface area (Å²) >= 11 is 0.987. The molecule has 1 aromatic carbocycles. The number of anilines is 1. The topological polar surface area (TPSA) is 281 Å². The van der Waals surface area contributed by atoms with Gasteiger partial charge >= 0.3 is 11.9 Å². The molecule has 0 radical (unpaired) electrons. The molecule has 186 valence electrons. The van der Waals surface area contributed by atoms with Gasteiger partial charge in [-0.2, -0.15) is 10.5 Å². The fourth-order valence-electron chi connectivity index (χ4n) is 2.47. The number of rotatable bonds is 10. The molecule has 0 bridgehead atoms. The van der Waals surface area contributed by atoms with Crippen molar-refractivity contribution in [3.05, 3.63) is 34.2 Å². The maximum absolute atomic E-state index is 12.1. The molecule has 1 heterocycles. The number of aliphatic carboxylic acids is 2. The van der Waals surface area contributed by atoms with Crippen LogP contribution in [0.15, 0.2) is 28.4 Å². The van der Waals surface area contributed by atoms with Gasteiger partial charge in [-0.3, -0.25) is 9.59 Å². The number of thiophene rings is 1. The molecule has 1 atom stereocenters. The minimum atomic E-state index is -1.24. The molecule has 11 N–H and O–H groups in total. The minimum Gasteiger partial charge on any atom is -0.480 e. The van der Waals surface area contributed by atoms with Crippen molar-refractivity contribution in [3.8, 4) is 17.9 Å². The summed E-state index contributed by atoms with van der Waals surface area (Å²) in [4.78, 5) is 34.0. The van der Waals surface area contributed by atoms with Crippen molar-refractivity contribution in [3.63, 3.8) is 0 Å². The van der Waals surface area contributed by atoms with Crippen LogP contribution in [0.3, 0.4) is 0 Å². The molecule has 1 amide bonds. The van der Waals surface area contributed by atoms with Crippen LogP contribution in [0, 0.1) is 29.6 Å². The number of azo groups is 1. The van der Waals surface area contributed by atoms with Gasteiger partial charge < -0.3 is 38.3 Å². The Morgan fingerprint density at radius 3 is 2.46 bits per heavy atom. The van der Waals surface area contributed by atoms with Gasteiger partial charge in [-0.25, -0.2) is 4.79 Å². The molecule has 0 aliphatic heterocycles. The lowest BCUT2D eigenvalue weighted by atomic mass is 10.1. The Labute approximate surface area is 203 Å². The number of ether oxygens (including phenoxy) is 1. The molecule has 2 aromatic rings. The molecular weight excluding hydrogens is 480 g/mol. The molecule has 15 heteroatoms. The molecule has 0 saturated carbocycles. The first-order chi connectivity index (χ1) is 15.7. The highest BCUT2D eigenvalue weighted by Gasteiger charge is 2.16. The van der Waals surface area contributed by atoms with Crippen LogP contribution in [-0.2, 0) is 14.4 Å². The van der Waals surface area contributed by atoms with E-state index in [4.69, 9.17) is 25.9 Å². The Morgan fingerprint density at radius 2 is 1.89 bits per heavy atom. The molecule has 0 saturated heterocycles. The predicted octanol–water partition coefficient (Wildman–Crippen LogP) is 3.13. The fraction of sp³-hybridized carbons (Fsp3) is 0.250. The van der Waals surface area contributed by atoms with Crippen LogP contribution in [0.2, 0.25) is 0 Å². The lowest BCUT2D eigenvalue weighted by Gasteiger charge is -2.11. The quantitative estimate of drug-likeness (QED) is 0.255. The molecule has 0 fully saturated rings. The largest absolute Gasteiger partial charge is 0.480 e. The summed E-state index contributed by atoms with van der Waals surface area (Å²) in [6, 6.07) is 6.98. The van der Waals surface area contributed by atoms with Gasteiger partial charge in [0, 0.05) is 18.2 Å². The Hall–Kier alpha value is -4.41. The lowest BCUT2D eigenvalue weighted by molar-refractivity contribution is -0.140. The smallest absolute Gasteiger partial charge is 0.341 e. The normalized spacial score (nSPS) is 10.7. The molecule has 35 heavy (non-hydrogen) atoms. The number of benzene rings is 1. The van der Waals surface area contributed by atoms with Crippen LogP contribution in [0.1, 0.15) is 28.8 Å². The molecule has 1 aromatic heterocycles. The summed E-state index contributed by atoms with van der Waals surface area (Å²) in [5.41, 5.74) is 6.44. The maximum Gasteiger partial charge on any atom is 0.341 e. The van der Waals surface area contributed by atoms with Crippen LogP contribution < -0.4 is 28.1 Å². The third-order valence-corrected chi connectivity index (χ3v) is 5.27. The van der Waals surface area contributed by atoms with Crippen molar-refractivity contribution in [1.29, 1.82) is 10.5 Å². The highest BCUT2D eigenvalue weighted by atomic mass is 32.1. The monoisotopic (exact) mass is 504 g/mol. The van der Waals surface area contributed by atoms with Gasteiger partial charge in [0.15, 0.2) is 11.6 Å². The average molecular weight is 505 g/mol. The summed E-state index contributed by atoms with van der Waals surface area (Å²) < 4.78 is 5.23. The number of carboxylic acids is 2. The number of carboxylic acid groups (broad SMARTS) is 2. The van der Waals surface area contributed by atoms with Gasteiger partial charge in [-0.1, -0.05) is 0 Å². The van der Waals surface area contributed by atoms with E-state index in [9.17, 15) is 19.6 Å². The zero-order valence-corrected chi connectivity index (χ0v) is 19.5. The first-order valence-corrected chi connectivity index (χ1v) is 10.1. The van der Waals surface area contributed by atoms with E-state index in [0.717, 1.165) is 11.3 Å². The van der Waals surface area contributed by atoms with Crippen molar-refractivity contribution in [1.82, 2.24) is 12.3 Å². The third kappa shape index (κ3) is 8.46. The number of nitrogens with two attached hydrogens (primary N) is 1. The van der Waals surface area contributed by atoms with E-state index in [2.05, 4.69) is 15.5 Å². The Kier molecular flexibility index (Phi) is 12.2. The molecule has 1 unspecified atom stereocenters. The standard InChI is InChI=1S/C20H18N6O6S.2H3N/c1-10-12(7-21)19(33-16(10)8-22)26-25-14-4-2-11(6-15(14)32-9-18(28)29)24-17(27)5-3-13(23)20(30)31;;/h2,4,6,13H,3,5,9,23H2,1H3,(H,24,27)(H,28,29)(H,30,31);2*1H3. The van der Waals surface area contributed by atoms with Gasteiger partial charge in [0.1, 0.15) is 34.5 Å². The summed E-state index contributed by atoms with van der Waals surface area (Å²) in [6.45, 7) is 0.933. The van der Waals surface area contributed by atoms with Crippen LogP contribution >= 0.6 is 11.3 Å². The van der Waals surface area contributed by atoms with E-state index in [1.165, 1.54) is 18.2 Å². The van der Waals surface area contributed by atoms with Crippen molar-refractivity contribution >= 4 is 45.6 Å². The van der Waals surface area contributed by atoms with E-state index < -0.39 is 30.5 Å². The van der Waals surface area contributed by atoms with Crippen molar-refractivity contribution in [2.45, 2.75) is 25.8 Å². The molecular formula is C20H24N8O6S. The first kappa shape index (κ1) is 30.6. The molecule has 0 aliphatic carbocycles. The van der Waals surface area contributed by atoms with Crippen molar-refractivity contribution < 1.29 is 29.3 Å². The molecule has 0 spiro atoms. The van der Waals surface area contributed by atoms with Crippen molar-refractivity contribution in [2.24, 2.45) is 16.0 Å². The van der Waals surface area contributed by atoms with E-state index >= 15 is 0 Å². The number of amides is 1. The Bertz CT molecular complexity index is 1200. The van der Waals surface area contributed by atoms with Gasteiger partial charge in [0.2, 0.25) is 5.91 Å². The van der Waals surface area contributed by atoms with Gasteiger partial charge in [0.05, 0.1) is 5.56 Å². The third-order valence-electron chi connectivity index (χ3n) is 4.18. The predicted molar refractivity (Wildman–Crippen MR) is 126 cm³/mol.